The molecule has 10 rings (SSSR count). The van der Waals surface area contributed by atoms with Gasteiger partial charge in [0.25, 0.3) is 0 Å². The number of rotatable bonds is 6. The van der Waals surface area contributed by atoms with Crippen molar-refractivity contribution in [2.45, 2.75) is 110 Å². The van der Waals surface area contributed by atoms with Crippen molar-refractivity contribution in [3.63, 3.8) is 0 Å². The minimum absolute atomic E-state index is 0.0969. The maximum Gasteiger partial charge on any atom is 0.198 e. The van der Waals surface area contributed by atoms with Crippen LogP contribution in [0.5, 0.6) is 0 Å². The Morgan fingerprint density at radius 3 is 1.61 bits per heavy atom. The average molecular weight is 809 g/mol. The maximum absolute atomic E-state index is 3.91. The molecule has 7 aromatic rings. The van der Waals surface area contributed by atoms with Gasteiger partial charge in [0, 0.05) is 34.0 Å². The SMILES string of the molecule is Cc1cc(-c2cc(-c3ccccc3)ccc2Nc2ccc(-c3ccccc3)cc2)c2c(c1)N(c1ccc3c(c1)C(C)(C)CCC3(C)C)c1cc3c(cc1B2)C(C)(C)CCC3(C)C. The monoisotopic (exact) mass is 808 g/mol. The van der Waals surface area contributed by atoms with Crippen LogP contribution in [0, 0.1) is 6.92 Å². The van der Waals surface area contributed by atoms with Gasteiger partial charge >= 0.3 is 0 Å². The summed E-state index contributed by atoms with van der Waals surface area (Å²) in [7, 11) is 0.866. The summed E-state index contributed by atoms with van der Waals surface area (Å²) in [5, 5.41) is 3.91. The molecule has 7 aromatic carbocycles. The molecule has 0 atom stereocenters. The highest BCUT2D eigenvalue weighted by atomic mass is 15.2. The zero-order valence-corrected chi connectivity index (χ0v) is 38.3. The Hall–Kier alpha value is -5.80. The number of nitrogens with zero attached hydrogens (tertiary/aromatic N) is 1. The first-order valence-corrected chi connectivity index (χ1v) is 23.0. The van der Waals surface area contributed by atoms with Crippen LogP contribution in [0.15, 0.2) is 146 Å². The van der Waals surface area contributed by atoms with E-state index in [1.807, 2.05) is 0 Å². The first kappa shape index (κ1) is 40.3. The Kier molecular flexibility index (Phi) is 9.52. The molecule has 3 heteroatoms. The summed E-state index contributed by atoms with van der Waals surface area (Å²) in [5.41, 5.74) is 24.0. The van der Waals surface area contributed by atoms with E-state index in [9.17, 15) is 0 Å². The molecule has 3 aliphatic rings. The van der Waals surface area contributed by atoms with E-state index in [-0.39, 0.29) is 21.7 Å². The van der Waals surface area contributed by atoms with Crippen molar-refractivity contribution in [1.82, 2.24) is 0 Å². The quantitative estimate of drug-likeness (QED) is 0.168. The molecule has 0 bridgehead atoms. The van der Waals surface area contributed by atoms with Gasteiger partial charge in [-0.2, -0.15) is 0 Å². The van der Waals surface area contributed by atoms with E-state index in [0.29, 0.717) is 0 Å². The first-order valence-electron chi connectivity index (χ1n) is 23.0. The molecule has 310 valence electrons. The van der Waals surface area contributed by atoms with Crippen molar-refractivity contribution in [3.05, 3.63) is 173 Å². The molecule has 0 saturated carbocycles. The second-order valence-electron chi connectivity index (χ2n) is 21.3. The Labute approximate surface area is 371 Å². The third kappa shape index (κ3) is 6.99. The molecule has 0 radical (unpaired) electrons. The minimum atomic E-state index is 0.0969. The van der Waals surface area contributed by atoms with Crippen LogP contribution in [0.1, 0.15) is 109 Å². The third-order valence-electron chi connectivity index (χ3n) is 15.1. The Bertz CT molecular complexity index is 2850. The van der Waals surface area contributed by atoms with Crippen molar-refractivity contribution < 1.29 is 0 Å². The maximum atomic E-state index is 3.91. The number of aryl methyl sites for hydroxylation is 1. The fraction of sp³-hybridized carbons (Fsp3) is 0.288. The van der Waals surface area contributed by atoms with E-state index in [4.69, 9.17) is 0 Å². The van der Waals surface area contributed by atoms with Gasteiger partial charge in [0.2, 0.25) is 0 Å². The van der Waals surface area contributed by atoms with Crippen molar-refractivity contribution >= 4 is 46.6 Å². The number of benzene rings is 7. The molecular weight excluding hydrogens is 747 g/mol. The fourth-order valence-electron chi connectivity index (χ4n) is 11.0. The lowest BCUT2D eigenvalue weighted by Gasteiger charge is -2.45. The molecule has 2 aliphatic carbocycles. The zero-order chi connectivity index (χ0) is 43.2. The standard InChI is InChI=1S/C59H61BN2/c1-38-32-46(45-34-42(40-18-14-11-15-19-40)22-27-52(45)61-43-23-20-41(21-24-43)39-16-12-10-13-17-39)55-54(33-38)62(44-25-26-47-48(35-44)57(4,5)29-28-56(47,2)3)53-37-50-49(36-51(53)60-55)58(6,7)30-31-59(50,8)9/h10-27,32-37,60-61H,28-31H2,1-9H3. The van der Waals surface area contributed by atoms with Crippen LogP contribution in [0.2, 0.25) is 0 Å². The topological polar surface area (TPSA) is 15.3 Å². The molecule has 0 aromatic heterocycles. The van der Waals surface area contributed by atoms with Gasteiger partial charge in [-0.1, -0.05) is 158 Å². The molecule has 1 aliphatic heterocycles. The van der Waals surface area contributed by atoms with Crippen LogP contribution in [0.3, 0.4) is 0 Å². The molecule has 0 saturated heterocycles. The van der Waals surface area contributed by atoms with Crippen LogP contribution in [0.4, 0.5) is 28.4 Å². The average Bonchev–Trinajstić information content (AvgIpc) is 3.26. The zero-order valence-electron chi connectivity index (χ0n) is 38.3. The summed E-state index contributed by atoms with van der Waals surface area (Å²) < 4.78 is 0. The van der Waals surface area contributed by atoms with Gasteiger partial charge in [-0.25, -0.2) is 0 Å². The van der Waals surface area contributed by atoms with E-state index in [1.54, 1.807) is 0 Å². The summed E-state index contributed by atoms with van der Waals surface area (Å²) in [6.45, 7) is 21.9. The Morgan fingerprint density at radius 2 is 0.984 bits per heavy atom. The van der Waals surface area contributed by atoms with Gasteiger partial charge in [-0.15, -0.1) is 0 Å². The van der Waals surface area contributed by atoms with Gasteiger partial charge < -0.3 is 10.2 Å². The van der Waals surface area contributed by atoms with Gasteiger partial charge in [0.05, 0.1) is 0 Å². The number of anilines is 5. The summed E-state index contributed by atoms with van der Waals surface area (Å²) in [6, 6.07) is 54.9. The Morgan fingerprint density at radius 1 is 0.452 bits per heavy atom. The first-order chi connectivity index (χ1) is 29.6. The van der Waals surface area contributed by atoms with Crippen molar-refractivity contribution in [2.24, 2.45) is 0 Å². The largest absolute Gasteiger partial charge is 0.355 e. The lowest BCUT2D eigenvalue weighted by atomic mass is 9.55. The van der Waals surface area contributed by atoms with Crippen LogP contribution in [-0.2, 0) is 21.7 Å². The summed E-state index contributed by atoms with van der Waals surface area (Å²) >= 11 is 0. The predicted octanol–water partition coefficient (Wildman–Crippen LogP) is 14.6. The van der Waals surface area contributed by atoms with Crippen molar-refractivity contribution in [1.29, 1.82) is 0 Å². The van der Waals surface area contributed by atoms with E-state index in [0.717, 1.165) is 18.7 Å². The van der Waals surface area contributed by atoms with Gasteiger partial charge in [-0.3, -0.25) is 0 Å². The number of fused-ring (bicyclic) bond motifs is 4. The molecular formula is C59H61BN2. The van der Waals surface area contributed by atoms with Crippen LogP contribution in [0.25, 0.3) is 33.4 Å². The van der Waals surface area contributed by atoms with E-state index >= 15 is 0 Å². The number of hydrogen-bond acceptors (Lipinski definition) is 2. The highest BCUT2D eigenvalue weighted by Crippen LogP contribution is 2.51. The highest BCUT2D eigenvalue weighted by molar-refractivity contribution is 6.73. The molecule has 1 heterocycles. The van der Waals surface area contributed by atoms with E-state index in [1.165, 1.54) is 115 Å². The van der Waals surface area contributed by atoms with Gasteiger partial charge in [0.1, 0.15) is 0 Å². The molecule has 2 nitrogen and oxygen atoms in total. The second-order valence-corrected chi connectivity index (χ2v) is 21.3. The molecule has 62 heavy (non-hydrogen) atoms. The third-order valence-corrected chi connectivity index (χ3v) is 15.1. The van der Waals surface area contributed by atoms with Crippen molar-refractivity contribution in [3.8, 4) is 33.4 Å². The lowest BCUT2D eigenvalue weighted by molar-refractivity contribution is 0.332. The molecule has 0 fully saturated rings. The van der Waals surface area contributed by atoms with Crippen LogP contribution >= 0.6 is 0 Å². The van der Waals surface area contributed by atoms with E-state index in [2.05, 4.69) is 218 Å². The van der Waals surface area contributed by atoms with Crippen LogP contribution < -0.4 is 21.1 Å². The highest BCUT2D eigenvalue weighted by Gasteiger charge is 2.41. The predicted molar refractivity (Wildman–Crippen MR) is 269 cm³/mol. The fourth-order valence-corrected chi connectivity index (χ4v) is 11.0. The normalized spacial score (nSPS) is 17.5. The number of nitrogens with one attached hydrogen (secondary N) is 1. The van der Waals surface area contributed by atoms with Crippen LogP contribution in [-0.4, -0.2) is 7.28 Å². The van der Waals surface area contributed by atoms with Gasteiger partial charge in [-0.05, 0) is 164 Å². The molecule has 0 unspecified atom stereocenters. The summed E-state index contributed by atoms with van der Waals surface area (Å²) in [4.78, 5) is 2.65. The van der Waals surface area contributed by atoms with Gasteiger partial charge in [0.15, 0.2) is 7.28 Å². The lowest BCUT2D eigenvalue weighted by Crippen LogP contribution is -2.44. The minimum Gasteiger partial charge on any atom is -0.355 e. The number of hydrogen-bond donors (Lipinski definition) is 1. The molecule has 0 amide bonds. The van der Waals surface area contributed by atoms with Crippen molar-refractivity contribution in [2.75, 3.05) is 10.2 Å². The summed E-state index contributed by atoms with van der Waals surface area (Å²) in [5.74, 6) is 0. The molecule has 0 spiro atoms. The molecule has 1 N–H and O–H groups in total. The smallest absolute Gasteiger partial charge is 0.198 e. The second kappa shape index (κ2) is 14.7. The summed E-state index contributed by atoms with van der Waals surface area (Å²) in [6.07, 6.45) is 4.78. The Balaban J connectivity index is 1.19. The van der Waals surface area contributed by atoms with E-state index < -0.39 is 0 Å².